The Kier molecular flexibility index (Phi) is 5.95. The molecule has 2 N–H and O–H groups in total. The molecule has 1 aromatic carbocycles. The maximum absolute atomic E-state index is 12.5. The van der Waals surface area contributed by atoms with Crippen LogP contribution in [0.3, 0.4) is 0 Å². The van der Waals surface area contributed by atoms with Crippen LogP contribution in [0, 0.1) is 11.8 Å². The number of carbonyl (C=O) groups excluding carboxylic acids is 3. The average molecular weight is 331 g/mol. The highest BCUT2D eigenvalue weighted by molar-refractivity contribution is 5.96. The van der Waals surface area contributed by atoms with Crippen molar-refractivity contribution in [2.24, 2.45) is 11.8 Å². The van der Waals surface area contributed by atoms with Gasteiger partial charge < -0.3 is 15.5 Å². The Labute approximate surface area is 142 Å². The van der Waals surface area contributed by atoms with E-state index in [1.165, 1.54) is 0 Å². The molecule has 24 heavy (non-hydrogen) atoms. The van der Waals surface area contributed by atoms with Gasteiger partial charge in [-0.3, -0.25) is 14.4 Å². The molecule has 0 bridgehead atoms. The molecule has 6 heteroatoms. The zero-order valence-electron chi connectivity index (χ0n) is 14.5. The summed E-state index contributed by atoms with van der Waals surface area (Å²) in [5.74, 6) is -0.134. The Morgan fingerprint density at radius 1 is 1.08 bits per heavy atom. The van der Waals surface area contributed by atoms with Crippen LogP contribution in [-0.4, -0.2) is 42.8 Å². The lowest BCUT2D eigenvalue weighted by atomic mass is 9.95. The number of piperidine rings is 1. The second kappa shape index (κ2) is 7.95. The third-order valence-electron chi connectivity index (χ3n) is 4.32. The second-order valence-corrected chi connectivity index (χ2v) is 6.40. The summed E-state index contributed by atoms with van der Waals surface area (Å²) in [5.41, 5.74) is 1.28. The number of carbonyl (C=O) groups is 3. The van der Waals surface area contributed by atoms with Crippen LogP contribution in [-0.2, 0) is 9.59 Å². The molecule has 1 heterocycles. The molecule has 1 aliphatic rings. The van der Waals surface area contributed by atoms with E-state index in [0.717, 1.165) is 0 Å². The van der Waals surface area contributed by atoms with E-state index in [4.69, 9.17) is 0 Å². The first-order chi connectivity index (χ1) is 11.4. The first-order valence-electron chi connectivity index (χ1n) is 8.34. The van der Waals surface area contributed by atoms with Gasteiger partial charge in [0.15, 0.2) is 0 Å². The number of hydrogen-bond donors (Lipinski definition) is 2. The lowest BCUT2D eigenvalue weighted by Crippen LogP contribution is -2.42. The lowest BCUT2D eigenvalue weighted by Gasteiger charge is -2.31. The summed E-state index contributed by atoms with van der Waals surface area (Å²) in [4.78, 5) is 37.6. The third-order valence-corrected chi connectivity index (χ3v) is 4.32. The fraction of sp³-hybridized carbons (Fsp3) is 0.500. The fourth-order valence-corrected chi connectivity index (χ4v) is 2.71. The predicted molar refractivity (Wildman–Crippen MR) is 92.6 cm³/mol. The van der Waals surface area contributed by atoms with Crippen molar-refractivity contribution in [1.29, 1.82) is 0 Å². The van der Waals surface area contributed by atoms with E-state index in [9.17, 15) is 14.4 Å². The van der Waals surface area contributed by atoms with Crippen molar-refractivity contribution >= 4 is 23.4 Å². The number of likely N-dealkylation sites (tertiary alicyclic amines) is 1. The largest absolute Gasteiger partial charge is 0.359 e. The van der Waals surface area contributed by atoms with Gasteiger partial charge in [-0.1, -0.05) is 13.8 Å². The summed E-state index contributed by atoms with van der Waals surface area (Å²) in [6.45, 7) is 4.83. The predicted octanol–water partition coefficient (Wildman–Crippen LogP) is 1.88. The minimum absolute atomic E-state index is 0.00679. The topological polar surface area (TPSA) is 78.5 Å². The van der Waals surface area contributed by atoms with Crippen molar-refractivity contribution in [3.05, 3.63) is 29.8 Å². The van der Waals surface area contributed by atoms with Crippen molar-refractivity contribution in [2.75, 3.05) is 25.5 Å². The van der Waals surface area contributed by atoms with Crippen LogP contribution in [0.1, 0.15) is 37.0 Å². The van der Waals surface area contributed by atoms with Crippen molar-refractivity contribution in [3.63, 3.8) is 0 Å². The highest BCUT2D eigenvalue weighted by Gasteiger charge is 2.27. The molecule has 1 aromatic rings. The van der Waals surface area contributed by atoms with Crippen LogP contribution in [0.2, 0.25) is 0 Å². The molecule has 0 spiro atoms. The van der Waals surface area contributed by atoms with Gasteiger partial charge in [0.05, 0.1) is 0 Å². The maximum atomic E-state index is 12.5. The average Bonchev–Trinajstić information content (AvgIpc) is 2.61. The highest BCUT2D eigenvalue weighted by Crippen LogP contribution is 2.20. The van der Waals surface area contributed by atoms with E-state index in [-0.39, 0.29) is 29.6 Å². The Balaban J connectivity index is 1.94. The summed E-state index contributed by atoms with van der Waals surface area (Å²) >= 11 is 0. The van der Waals surface area contributed by atoms with Crippen LogP contribution in [0.15, 0.2) is 24.3 Å². The Morgan fingerprint density at radius 3 is 2.17 bits per heavy atom. The van der Waals surface area contributed by atoms with E-state index < -0.39 is 0 Å². The summed E-state index contributed by atoms with van der Waals surface area (Å²) in [6.07, 6.45) is 1.38. The minimum Gasteiger partial charge on any atom is -0.359 e. The number of hydrogen-bond acceptors (Lipinski definition) is 3. The van der Waals surface area contributed by atoms with Gasteiger partial charge >= 0.3 is 0 Å². The summed E-state index contributed by atoms with van der Waals surface area (Å²) in [6, 6.07) is 6.93. The van der Waals surface area contributed by atoms with Crippen molar-refractivity contribution < 1.29 is 14.4 Å². The molecule has 1 aliphatic heterocycles. The van der Waals surface area contributed by atoms with Gasteiger partial charge in [0, 0.05) is 43.2 Å². The van der Waals surface area contributed by atoms with Gasteiger partial charge in [-0.2, -0.15) is 0 Å². The summed E-state index contributed by atoms with van der Waals surface area (Å²) in [7, 11) is 1.64. The zero-order chi connectivity index (χ0) is 17.7. The molecule has 0 aromatic heterocycles. The first kappa shape index (κ1) is 18.0. The second-order valence-electron chi connectivity index (χ2n) is 6.40. The molecule has 0 unspecified atom stereocenters. The molecular formula is C18H25N3O3. The fourth-order valence-electron chi connectivity index (χ4n) is 2.71. The van der Waals surface area contributed by atoms with Crippen LogP contribution in [0.5, 0.6) is 0 Å². The first-order valence-corrected chi connectivity index (χ1v) is 8.34. The van der Waals surface area contributed by atoms with E-state index in [2.05, 4.69) is 10.6 Å². The highest BCUT2D eigenvalue weighted by atomic mass is 16.2. The van der Waals surface area contributed by atoms with Crippen LogP contribution in [0.25, 0.3) is 0 Å². The van der Waals surface area contributed by atoms with Gasteiger partial charge in [-0.05, 0) is 37.1 Å². The van der Waals surface area contributed by atoms with Gasteiger partial charge in [-0.15, -0.1) is 0 Å². The standard InChI is InChI=1S/C18H25N3O3/c1-12(2)16(22)20-15-6-4-14(5-7-15)18(24)21-10-8-13(9-11-21)17(23)19-3/h4-7,12-13H,8-11H2,1-3H3,(H,19,23)(H,20,22). The zero-order valence-corrected chi connectivity index (χ0v) is 14.5. The Bertz CT molecular complexity index is 602. The van der Waals surface area contributed by atoms with Crippen LogP contribution < -0.4 is 10.6 Å². The monoisotopic (exact) mass is 331 g/mol. The van der Waals surface area contributed by atoms with Gasteiger partial charge in [-0.25, -0.2) is 0 Å². The molecule has 1 saturated heterocycles. The SMILES string of the molecule is CNC(=O)C1CCN(C(=O)c2ccc(NC(=O)C(C)C)cc2)CC1. The van der Waals surface area contributed by atoms with E-state index in [1.807, 2.05) is 13.8 Å². The van der Waals surface area contributed by atoms with Crippen molar-refractivity contribution in [2.45, 2.75) is 26.7 Å². The normalized spacial score (nSPS) is 15.2. The molecule has 0 radical (unpaired) electrons. The Hall–Kier alpha value is -2.37. The number of anilines is 1. The molecule has 0 saturated carbocycles. The third kappa shape index (κ3) is 4.34. The molecular weight excluding hydrogens is 306 g/mol. The van der Waals surface area contributed by atoms with E-state index in [0.29, 0.717) is 37.2 Å². The molecule has 3 amide bonds. The number of rotatable bonds is 4. The number of nitrogens with zero attached hydrogens (tertiary/aromatic N) is 1. The number of amides is 3. The lowest BCUT2D eigenvalue weighted by molar-refractivity contribution is -0.125. The number of benzene rings is 1. The van der Waals surface area contributed by atoms with Gasteiger partial charge in [0.25, 0.3) is 5.91 Å². The molecule has 1 fully saturated rings. The molecule has 2 rings (SSSR count). The molecule has 6 nitrogen and oxygen atoms in total. The van der Waals surface area contributed by atoms with Gasteiger partial charge in [0.1, 0.15) is 0 Å². The smallest absolute Gasteiger partial charge is 0.253 e. The van der Waals surface area contributed by atoms with Crippen LogP contribution in [0.4, 0.5) is 5.69 Å². The van der Waals surface area contributed by atoms with Crippen LogP contribution >= 0.6 is 0 Å². The molecule has 0 aliphatic carbocycles. The number of nitrogens with one attached hydrogen (secondary N) is 2. The van der Waals surface area contributed by atoms with E-state index in [1.54, 1.807) is 36.2 Å². The molecule has 0 atom stereocenters. The Morgan fingerprint density at radius 2 is 1.67 bits per heavy atom. The minimum atomic E-state index is -0.0899. The summed E-state index contributed by atoms with van der Waals surface area (Å²) in [5, 5.41) is 5.47. The van der Waals surface area contributed by atoms with E-state index >= 15 is 0 Å². The summed E-state index contributed by atoms with van der Waals surface area (Å²) < 4.78 is 0. The van der Waals surface area contributed by atoms with Crippen molar-refractivity contribution in [1.82, 2.24) is 10.2 Å². The van der Waals surface area contributed by atoms with Crippen molar-refractivity contribution in [3.8, 4) is 0 Å². The van der Waals surface area contributed by atoms with Gasteiger partial charge in [0.2, 0.25) is 11.8 Å². The molecule has 130 valence electrons. The maximum Gasteiger partial charge on any atom is 0.253 e. The quantitative estimate of drug-likeness (QED) is 0.884.